The fraction of sp³-hybridized carbons (Fsp3) is 0.235. The average Bonchev–Trinajstić information content (AvgIpc) is 2.46. The Morgan fingerprint density at radius 1 is 1.20 bits per heavy atom. The summed E-state index contributed by atoms with van der Waals surface area (Å²) in [5.41, 5.74) is 4.17. The summed E-state index contributed by atoms with van der Waals surface area (Å²) in [6.07, 6.45) is 0.828. The van der Waals surface area contributed by atoms with E-state index in [4.69, 9.17) is 0 Å². The molecular formula is C17H18N2O. The van der Waals surface area contributed by atoms with Crippen LogP contribution in [0, 0.1) is 6.92 Å². The van der Waals surface area contributed by atoms with Crippen molar-refractivity contribution >= 4 is 17.3 Å². The number of carbonyl (C=O) groups is 1. The smallest absolute Gasteiger partial charge is 0.232 e. The molecule has 20 heavy (non-hydrogen) atoms. The summed E-state index contributed by atoms with van der Waals surface area (Å²) in [4.78, 5) is 12.5. The minimum absolute atomic E-state index is 0.0737. The van der Waals surface area contributed by atoms with Crippen LogP contribution >= 0.6 is 0 Å². The molecule has 0 bridgehead atoms. The summed E-state index contributed by atoms with van der Waals surface area (Å²) in [5, 5.41) is 6.37. The minimum atomic E-state index is -0.0760. The number of hydrogen-bond acceptors (Lipinski definition) is 2. The Labute approximate surface area is 119 Å². The Balaban J connectivity index is 1.82. The van der Waals surface area contributed by atoms with E-state index in [1.54, 1.807) is 0 Å². The SMILES string of the molecule is Cc1cccc(NC(=O)C2CCNc3ccccc32)c1. The Kier molecular flexibility index (Phi) is 3.42. The van der Waals surface area contributed by atoms with Crippen LogP contribution in [0.4, 0.5) is 11.4 Å². The largest absolute Gasteiger partial charge is 0.385 e. The summed E-state index contributed by atoms with van der Waals surface area (Å²) >= 11 is 0. The number of rotatable bonds is 2. The van der Waals surface area contributed by atoms with Crippen molar-refractivity contribution in [3.8, 4) is 0 Å². The first-order valence-electron chi connectivity index (χ1n) is 6.94. The van der Waals surface area contributed by atoms with E-state index in [0.717, 1.165) is 35.5 Å². The zero-order valence-electron chi connectivity index (χ0n) is 11.5. The Hall–Kier alpha value is -2.29. The van der Waals surface area contributed by atoms with Gasteiger partial charge in [-0.25, -0.2) is 0 Å². The third kappa shape index (κ3) is 2.52. The van der Waals surface area contributed by atoms with Crippen LogP contribution in [-0.4, -0.2) is 12.5 Å². The molecule has 3 rings (SSSR count). The number of aryl methyl sites for hydroxylation is 1. The molecule has 0 aliphatic carbocycles. The Morgan fingerprint density at radius 3 is 2.90 bits per heavy atom. The van der Waals surface area contributed by atoms with Gasteiger partial charge in [-0.2, -0.15) is 0 Å². The zero-order chi connectivity index (χ0) is 13.9. The predicted octanol–water partition coefficient (Wildman–Crippen LogP) is 3.53. The minimum Gasteiger partial charge on any atom is -0.385 e. The molecular weight excluding hydrogens is 248 g/mol. The molecule has 1 unspecified atom stereocenters. The highest BCUT2D eigenvalue weighted by Crippen LogP contribution is 2.32. The number of amides is 1. The molecule has 3 heteroatoms. The molecule has 3 nitrogen and oxygen atoms in total. The second-order valence-corrected chi connectivity index (χ2v) is 5.21. The summed E-state index contributed by atoms with van der Waals surface area (Å²) in [5.74, 6) is -0.00230. The van der Waals surface area contributed by atoms with Gasteiger partial charge in [-0.05, 0) is 42.7 Å². The number of carbonyl (C=O) groups excluding carboxylic acids is 1. The number of nitrogens with one attached hydrogen (secondary N) is 2. The van der Waals surface area contributed by atoms with E-state index in [-0.39, 0.29) is 11.8 Å². The van der Waals surface area contributed by atoms with Crippen LogP contribution in [0.15, 0.2) is 48.5 Å². The van der Waals surface area contributed by atoms with E-state index in [2.05, 4.69) is 10.6 Å². The van der Waals surface area contributed by atoms with E-state index in [9.17, 15) is 4.79 Å². The van der Waals surface area contributed by atoms with E-state index in [1.165, 1.54) is 0 Å². The molecule has 0 fully saturated rings. The topological polar surface area (TPSA) is 41.1 Å². The van der Waals surface area contributed by atoms with Gasteiger partial charge in [0.2, 0.25) is 5.91 Å². The number of benzene rings is 2. The van der Waals surface area contributed by atoms with E-state index < -0.39 is 0 Å². The van der Waals surface area contributed by atoms with Gasteiger partial charge in [0.15, 0.2) is 0 Å². The number of hydrogen-bond donors (Lipinski definition) is 2. The monoisotopic (exact) mass is 266 g/mol. The molecule has 1 atom stereocenters. The second-order valence-electron chi connectivity index (χ2n) is 5.21. The molecule has 102 valence electrons. The lowest BCUT2D eigenvalue weighted by molar-refractivity contribution is -0.117. The Morgan fingerprint density at radius 2 is 2.05 bits per heavy atom. The molecule has 0 saturated carbocycles. The third-order valence-electron chi connectivity index (χ3n) is 3.69. The van der Waals surface area contributed by atoms with Crippen LogP contribution in [0.5, 0.6) is 0 Å². The van der Waals surface area contributed by atoms with Crippen molar-refractivity contribution in [2.75, 3.05) is 17.2 Å². The van der Waals surface area contributed by atoms with E-state index >= 15 is 0 Å². The van der Waals surface area contributed by atoms with E-state index in [0.29, 0.717) is 0 Å². The van der Waals surface area contributed by atoms with Crippen molar-refractivity contribution in [2.45, 2.75) is 19.3 Å². The summed E-state index contributed by atoms with van der Waals surface area (Å²) in [6.45, 7) is 2.86. The molecule has 1 aliphatic rings. The number of fused-ring (bicyclic) bond motifs is 1. The van der Waals surface area contributed by atoms with Gasteiger partial charge in [0.05, 0.1) is 5.92 Å². The van der Waals surface area contributed by atoms with Gasteiger partial charge in [0.1, 0.15) is 0 Å². The molecule has 0 radical (unpaired) electrons. The van der Waals surface area contributed by atoms with Crippen LogP contribution < -0.4 is 10.6 Å². The maximum atomic E-state index is 12.5. The lowest BCUT2D eigenvalue weighted by Crippen LogP contribution is -2.27. The molecule has 2 N–H and O–H groups in total. The lowest BCUT2D eigenvalue weighted by Gasteiger charge is -2.25. The van der Waals surface area contributed by atoms with Crippen LogP contribution in [0.1, 0.15) is 23.5 Å². The quantitative estimate of drug-likeness (QED) is 0.873. The van der Waals surface area contributed by atoms with Crippen LogP contribution in [0.2, 0.25) is 0 Å². The standard InChI is InChI=1S/C17H18N2O/c1-12-5-4-6-13(11-12)19-17(20)15-9-10-18-16-8-3-2-7-14(15)16/h2-8,11,15,18H,9-10H2,1H3,(H,19,20). The molecule has 1 heterocycles. The van der Waals surface area contributed by atoms with Gasteiger partial charge in [-0.3, -0.25) is 4.79 Å². The summed E-state index contributed by atoms with van der Waals surface area (Å²) in [6, 6.07) is 15.9. The second kappa shape index (κ2) is 5.37. The summed E-state index contributed by atoms with van der Waals surface area (Å²) in [7, 11) is 0. The van der Waals surface area contributed by atoms with Gasteiger partial charge in [0, 0.05) is 17.9 Å². The molecule has 1 aliphatic heterocycles. The number of para-hydroxylation sites is 1. The van der Waals surface area contributed by atoms with Crippen molar-refractivity contribution in [2.24, 2.45) is 0 Å². The van der Waals surface area contributed by atoms with Crippen LogP contribution in [0.25, 0.3) is 0 Å². The van der Waals surface area contributed by atoms with Gasteiger partial charge in [-0.15, -0.1) is 0 Å². The number of anilines is 2. The molecule has 2 aromatic carbocycles. The van der Waals surface area contributed by atoms with Crippen molar-refractivity contribution in [1.82, 2.24) is 0 Å². The van der Waals surface area contributed by atoms with Crippen LogP contribution in [-0.2, 0) is 4.79 Å². The summed E-state index contributed by atoms with van der Waals surface area (Å²) < 4.78 is 0. The Bertz CT molecular complexity index is 636. The van der Waals surface area contributed by atoms with Gasteiger partial charge >= 0.3 is 0 Å². The highest BCUT2D eigenvalue weighted by Gasteiger charge is 2.26. The fourth-order valence-corrected chi connectivity index (χ4v) is 2.69. The van der Waals surface area contributed by atoms with Crippen molar-refractivity contribution < 1.29 is 4.79 Å². The predicted molar refractivity (Wildman–Crippen MR) is 82.1 cm³/mol. The maximum absolute atomic E-state index is 12.5. The first kappa shape index (κ1) is 12.7. The van der Waals surface area contributed by atoms with Crippen LogP contribution in [0.3, 0.4) is 0 Å². The van der Waals surface area contributed by atoms with Gasteiger partial charge in [-0.1, -0.05) is 30.3 Å². The first-order valence-corrected chi connectivity index (χ1v) is 6.94. The van der Waals surface area contributed by atoms with Crippen molar-refractivity contribution in [3.05, 3.63) is 59.7 Å². The lowest BCUT2D eigenvalue weighted by atomic mass is 9.90. The van der Waals surface area contributed by atoms with Gasteiger partial charge < -0.3 is 10.6 Å². The van der Waals surface area contributed by atoms with Crippen molar-refractivity contribution in [3.63, 3.8) is 0 Å². The first-order chi connectivity index (χ1) is 9.74. The van der Waals surface area contributed by atoms with Gasteiger partial charge in [0.25, 0.3) is 0 Å². The molecule has 0 aromatic heterocycles. The molecule has 0 saturated heterocycles. The normalized spacial score (nSPS) is 16.9. The highest BCUT2D eigenvalue weighted by molar-refractivity contribution is 5.97. The fourth-order valence-electron chi connectivity index (χ4n) is 2.69. The zero-order valence-corrected chi connectivity index (χ0v) is 11.5. The highest BCUT2D eigenvalue weighted by atomic mass is 16.1. The molecule has 1 amide bonds. The third-order valence-corrected chi connectivity index (χ3v) is 3.69. The molecule has 2 aromatic rings. The van der Waals surface area contributed by atoms with E-state index in [1.807, 2.05) is 55.5 Å². The maximum Gasteiger partial charge on any atom is 0.232 e. The van der Waals surface area contributed by atoms with Crippen molar-refractivity contribution in [1.29, 1.82) is 0 Å². The average molecular weight is 266 g/mol. The molecule has 0 spiro atoms.